The number of amides is 1. The number of quaternary nitrogens is 1. The van der Waals surface area contributed by atoms with Crippen molar-refractivity contribution >= 4 is 6.09 Å². The van der Waals surface area contributed by atoms with E-state index >= 15 is 0 Å². The van der Waals surface area contributed by atoms with Gasteiger partial charge < -0.3 is 20.1 Å². The fourth-order valence-corrected chi connectivity index (χ4v) is 3.75. The number of rotatable bonds is 15. The number of hydrogen-bond acceptors (Lipinski definition) is 2. The van der Waals surface area contributed by atoms with Crippen molar-refractivity contribution in [2.75, 3.05) is 26.2 Å². The lowest BCUT2D eigenvalue weighted by Crippen LogP contribution is -2.50. The Hall–Kier alpha value is -1.55. The molecule has 0 heterocycles. The van der Waals surface area contributed by atoms with Gasteiger partial charge in [-0.1, -0.05) is 70.4 Å². The molecule has 0 saturated carbocycles. The molecule has 0 aliphatic carbocycles. The van der Waals surface area contributed by atoms with E-state index in [1.54, 1.807) is 0 Å². The molecule has 28 heavy (non-hydrogen) atoms. The zero-order valence-electron chi connectivity index (χ0n) is 18.6. The van der Waals surface area contributed by atoms with Gasteiger partial charge in [-0.2, -0.15) is 0 Å². The van der Waals surface area contributed by atoms with Crippen molar-refractivity contribution in [2.45, 2.75) is 85.0 Å². The monoisotopic (exact) mass is 392 g/mol. The van der Waals surface area contributed by atoms with Crippen molar-refractivity contribution in [1.29, 1.82) is 0 Å². The van der Waals surface area contributed by atoms with Crippen molar-refractivity contribution in [3.63, 3.8) is 0 Å². The van der Waals surface area contributed by atoms with Crippen LogP contribution >= 0.6 is 0 Å². The molecule has 0 spiro atoms. The van der Waals surface area contributed by atoms with E-state index in [0.29, 0.717) is 0 Å². The number of primary amides is 1. The van der Waals surface area contributed by atoms with Crippen LogP contribution in [0.3, 0.4) is 0 Å². The Morgan fingerprint density at radius 1 is 0.786 bits per heavy atom. The number of carbonyl (C=O) groups excluding carboxylic acids is 1. The maximum atomic E-state index is 8.67. The number of nitrogens with zero attached hydrogens (tertiary/aromatic N) is 1. The second kappa shape index (κ2) is 17.5. The average molecular weight is 393 g/mol. The van der Waals surface area contributed by atoms with E-state index in [4.69, 9.17) is 9.90 Å². The number of hydrogen-bond donors (Lipinski definition) is 1. The molecule has 0 atom stereocenters. The van der Waals surface area contributed by atoms with E-state index < -0.39 is 6.09 Å². The Morgan fingerprint density at radius 3 is 1.64 bits per heavy atom. The first-order valence-electron chi connectivity index (χ1n) is 11.3. The van der Waals surface area contributed by atoms with Crippen molar-refractivity contribution in [3.8, 4) is 0 Å². The number of benzene rings is 1. The second-order valence-corrected chi connectivity index (χ2v) is 7.91. The molecule has 0 radical (unpaired) electrons. The van der Waals surface area contributed by atoms with Gasteiger partial charge in [0, 0.05) is 0 Å². The van der Waals surface area contributed by atoms with Gasteiger partial charge in [-0.25, -0.2) is 0 Å². The summed E-state index contributed by atoms with van der Waals surface area (Å²) in [5.74, 6) is 0. The van der Waals surface area contributed by atoms with Crippen LogP contribution in [0.15, 0.2) is 30.3 Å². The second-order valence-electron chi connectivity index (χ2n) is 7.91. The topological polar surface area (TPSA) is 66.2 Å². The highest BCUT2D eigenvalue weighted by Gasteiger charge is 2.24. The highest BCUT2D eigenvalue weighted by molar-refractivity contribution is 5.58. The van der Waals surface area contributed by atoms with Gasteiger partial charge in [0.1, 0.15) is 6.09 Å². The van der Waals surface area contributed by atoms with Crippen molar-refractivity contribution in [1.82, 2.24) is 0 Å². The highest BCUT2D eigenvalue weighted by Crippen LogP contribution is 2.17. The summed E-state index contributed by atoms with van der Waals surface area (Å²) in [6, 6.07) is 11.0. The zero-order chi connectivity index (χ0) is 21.1. The summed E-state index contributed by atoms with van der Waals surface area (Å²) >= 11 is 0. The Morgan fingerprint density at radius 2 is 1.21 bits per heavy atom. The van der Waals surface area contributed by atoms with Gasteiger partial charge >= 0.3 is 0 Å². The van der Waals surface area contributed by atoms with E-state index in [1.165, 1.54) is 100 Å². The van der Waals surface area contributed by atoms with Crippen LogP contribution in [-0.2, 0) is 6.42 Å². The minimum absolute atomic E-state index is 1.25. The first-order chi connectivity index (χ1) is 13.5. The van der Waals surface area contributed by atoms with Gasteiger partial charge in [0.2, 0.25) is 0 Å². The molecule has 0 bridgehead atoms. The Bertz CT molecular complexity index is 451. The number of unbranched alkanes of at least 4 members (excludes halogenated alkanes) is 5. The summed E-state index contributed by atoms with van der Waals surface area (Å²) in [7, 11) is 0. The summed E-state index contributed by atoms with van der Waals surface area (Å²) in [5, 5.41) is 8.67. The summed E-state index contributed by atoms with van der Waals surface area (Å²) < 4.78 is 1.40. The Labute approximate surface area is 173 Å². The third-order valence-corrected chi connectivity index (χ3v) is 5.40. The van der Waals surface area contributed by atoms with Crippen LogP contribution in [-0.4, -0.2) is 36.8 Å². The van der Waals surface area contributed by atoms with Gasteiger partial charge in [-0.15, -0.1) is 0 Å². The predicted octanol–water partition coefficient (Wildman–Crippen LogP) is 4.90. The molecule has 0 aliphatic rings. The van der Waals surface area contributed by atoms with Crippen molar-refractivity contribution in [3.05, 3.63) is 35.9 Å². The molecule has 0 saturated heterocycles. The maximum absolute atomic E-state index is 8.67. The quantitative estimate of drug-likeness (QED) is 0.340. The first kappa shape index (κ1) is 26.4. The normalized spacial score (nSPS) is 11.0. The van der Waals surface area contributed by atoms with Crippen LogP contribution in [0.4, 0.5) is 4.79 Å². The largest absolute Gasteiger partial charge is 0.530 e. The molecule has 1 rings (SSSR count). The predicted molar refractivity (Wildman–Crippen MR) is 118 cm³/mol. The average Bonchev–Trinajstić information content (AvgIpc) is 2.69. The number of aryl methyl sites for hydroxylation is 1. The lowest BCUT2D eigenvalue weighted by Gasteiger charge is -2.39. The van der Waals surface area contributed by atoms with Crippen LogP contribution < -0.4 is 10.8 Å². The molecule has 162 valence electrons. The maximum Gasteiger partial charge on any atom is 0.131 e. The Kier molecular flexibility index (Phi) is 16.6. The van der Waals surface area contributed by atoms with Crippen LogP contribution in [0.1, 0.15) is 84.1 Å². The molecular formula is C24H44N2O2. The van der Waals surface area contributed by atoms with Crippen LogP contribution in [0.25, 0.3) is 0 Å². The van der Waals surface area contributed by atoms with E-state index in [9.17, 15) is 0 Å². The number of carboxylic acid groups (broad SMARTS) is 1. The summed E-state index contributed by atoms with van der Waals surface area (Å²) in [6.45, 7) is 12.7. The first-order valence-corrected chi connectivity index (χ1v) is 11.3. The molecule has 1 aromatic carbocycles. The molecule has 4 heteroatoms. The minimum Gasteiger partial charge on any atom is -0.530 e. The summed E-state index contributed by atoms with van der Waals surface area (Å²) in [5.41, 5.74) is 5.42. The number of nitrogens with two attached hydrogens (primary N) is 1. The van der Waals surface area contributed by atoms with Gasteiger partial charge in [-0.05, 0) is 50.5 Å². The van der Waals surface area contributed by atoms with Gasteiger partial charge in [0.25, 0.3) is 0 Å². The smallest absolute Gasteiger partial charge is 0.131 e. The fraction of sp³-hybridized carbons (Fsp3) is 0.708. The molecule has 0 aliphatic heterocycles. The minimum atomic E-state index is -1.58. The summed E-state index contributed by atoms with van der Waals surface area (Å²) in [4.78, 5) is 8.67. The zero-order valence-corrected chi connectivity index (χ0v) is 18.6. The molecule has 0 aromatic heterocycles. The van der Waals surface area contributed by atoms with Gasteiger partial charge in [0.05, 0.1) is 26.2 Å². The van der Waals surface area contributed by atoms with Crippen LogP contribution in [0.5, 0.6) is 0 Å². The van der Waals surface area contributed by atoms with Gasteiger partial charge in [-0.3, -0.25) is 0 Å². The molecule has 1 amide bonds. The van der Waals surface area contributed by atoms with E-state index in [-0.39, 0.29) is 0 Å². The fourth-order valence-electron chi connectivity index (χ4n) is 3.75. The van der Waals surface area contributed by atoms with Crippen molar-refractivity contribution < 1.29 is 14.4 Å². The van der Waals surface area contributed by atoms with Crippen molar-refractivity contribution in [2.24, 2.45) is 5.73 Å². The lowest BCUT2D eigenvalue weighted by molar-refractivity contribution is -0.929. The van der Waals surface area contributed by atoms with E-state index in [0.717, 1.165) is 0 Å². The van der Waals surface area contributed by atoms with E-state index in [2.05, 4.69) is 56.8 Å². The Balaban J connectivity index is 0.00000165. The molecule has 0 fully saturated rings. The van der Waals surface area contributed by atoms with Crippen LogP contribution in [0.2, 0.25) is 0 Å². The molecule has 0 unspecified atom stereocenters. The summed E-state index contributed by atoms with van der Waals surface area (Å²) in [6.07, 6.45) is 12.0. The molecule has 4 nitrogen and oxygen atoms in total. The standard InChI is InChI=1S/C23H42N.CH3NO2/c1-4-7-19-24(20-8-5-2,21-9-6-3)22-15-11-14-18-23-16-12-10-13-17-23;2-1(3)4/h10,12-13,16-17H,4-9,11,14-15,18-22H2,1-3H3;2H2,(H,3,4)/q+1;/p-1. The third-order valence-electron chi connectivity index (χ3n) is 5.40. The molecule has 2 N–H and O–H groups in total. The van der Waals surface area contributed by atoms with Gasteiger partial charge in [0.15, 0.2) is 0 Å². The third kappa shape index (κ3) is 14.5. The highest BCUT2D eigenvalue weighted by atomic mass is 16.4. The number of carbonyl (C=O) groups is 1. The lowest BCUT2D eigenvalue weighted by atomic mass is 10.1. The molecule has 1 aromatic rings. The van der Waals surface area contributed by atoms with E-state index in [1.807, 2.05) is 0 Å². The SMILES string of the molecule is CCCC[N+](CCCC)(CCCC)CCCCCc1ccccc1.NC(=O)[O-]. The van der Waals surface area contributed by atoms with Crippen LogP contribution in [0, 0.1) is 0 Å². The molecular weight excluding hydrogens is 348 g/mol.